The Morgan fingerprint density at radius 1 is 1.10 bits per heavy atom. The quantitative estimate of drug-likeness (QED) is 0.651. The van der Waals surface area contributed by atoms with Crippen LogP contribution < -0.4 is 14.8 Å². The van der Waals surface area contributed by atoms with Gasteiger partial charge in [0.25, 0.3) is 0 Å². The number of halogens is 1. The number of aromatic nitrogens is 1. The molecule has 1 aromatic heterocycles. The number of anilines is 1. The molecule has 1 aromatic carbocycles. The summed E-state index contributed by atoms with van der Waals surface area (Å²) in [5.41, 5.74) is 0. The molecule has 0 amide bonds. The van der Waals surface area contributed by atoms with Crippen LogP contribution in [0.4, 0.5) is 5.82 Å². The van der Waals surface area contributed by atoms with E-state index in [1.165, 1.54) is 0 Å². The molecule has 21 heavy (non-hydrogen) atoms. The van der Waals surface area contributed by atoms with Gasteiger partial charge in [-0.1, -0.05) is 6.42 Å². The van der Waals surface area contributed by atoms with Crippen LogP contribution in [0.5, 0.6) is 11.5 Å². The van der Waals surface area contributed by atoms with Crippen molar-refractivity contribution in [3.8, 4) is 11.5 Å². The van der Waals surface area contributed by atoms with Crippen molar-refractivity contribution < 1.29 is 9.47 Å². The fourth-order valence-corrected chi connectivity index (χ4v) is 2.64. The molecule has 0 aliphatic carbocycles. The molecule has 5 heteroatoms. The predicted molar refractivity (Wildman–Crippen MR) is 85.8 cm³/mol. The second-order valence-electron chi connectivity index (χ2n) is 5.05. The van der Waals surface area contributed by atoms with Crippen LogP contribution >= 0.6 is 11.6 Å². The van der Waals surface area contributed by atoms with Crippen LogP contribution in [0.25, 0.3) is 10.8 Å². The largest absolute Gasteiger partial charge is 0.486 e. The number of pyridine rings is 1. The maximum atomic E-state index is 5.68. The Hall–Kier alpha value is -1.68. The van der Waals surface area contributed by atoms with Gasteiger partial charge in [-0.2, -0.15) is 0 Å². The van der Waals surface area contributed by atoms with E-state index in [1.807, 2.05) is 24.4 Å². The summed E-state index contributed by atoms with van der Waals surface area (Å²) < 4.78 is 11.3. The van der Waals surface area contributed by atoms with E-state index in [0.717, 1.165) is 59.8 Å². The number of benzene rings is 1. The Morgan fingerprint density at radius 3 is 2.71 bits per heavy atom. The van der Waals surface area contributed by atoms with Gasteiger partial charge in [0.05, 0.1) is 0 Å². The number of hydrogen-bond donors (Lipinski definition) is 1. The summed E-state index contributed by atoms with van der Waals surface area (Å²) in [5, 5.41) is 5.58. The third-order valence-corrected chi connectivity index (χ3v) is 3.80. The average Bonchev–Trinajstić information content (AvgIpc) is 2.53. The van der Waals surface area contributed by atoms with Gasteiger partial charge in [-0.25, -0.2) is 4.98 Å². The van der Waals surface area contributed by atoms with Crippen molar-refractivity contribution >= 4 is 28.2 Å². The van der Waals surface area contributed by atoms with E-state index in [1.54, 1.807) is 0 Å². The van der Waals surface area contributed by atoms with E-state index in [0.29, 0.717) is 13.2 Å². The fourth-order valence-electron chi connectivity index (χ4n) is 2.45. The van der Waals surface area contributed by atoms with Crippen LogP contribution in [0, 0.1) is 0 Å². The summed E-state index contributed by atoms with van der Waals surface area (Å²) in [5.74, 6) is 3.24. The van der Waals surface area contributed by atoms with E-state index in [9.17, 15) is 0 Å². The number of unbranched alkanes of at least 4 members (excludes halogenated alkanes) is 2. The monoisotopic (exact) mass is 306 g/mol. The van der Waals surface area contributed by atoms with Crippen molar-refractivity contribution in [3.05, 3.63) is 24.4 Å². The molecular weight excluding hydrogens is 288 g/mol. The summed E-state index contributed by atoms with van der Waals surface area (Å²) in [6.07, 6.45) is 5.10. The third-order valence-electron chi connectivity index (χ3n) is 3.53. The molecule has 1 N–H and O–H groups in total. The summed E-state index contributed by atoms with van der Waals surface area (Å²) in [4.78, 5) is 4.44. The molecule has 0 atom stereocenters. The Bertz CT molecular complexity index is 618. The molecule has 3 rings (SSSR count). The molecule has 1 aliphatic rings. The number of fused-ring (bicyclic) bond motifs is 2. The second-order valence-corrected chi connectivity index (χ2v) is 5.43. The van der Waals surface area contributed by atoms with E-state index in [-0.39, 0.29) is 0 Å². The summed E-state index contributed by atoms with van der Waals surface area (Å²) in [6, 6.07) is 6.02. The van der Waals surface area contributed by atoms with E-state index >= 15 is 0 Å². The molecule has 0 fully saturated rings. The Balaban J connectivity index is 1.78. The molecule has 0 spiro atoms. The van der Waals surface area contributed by atoms with E-state index in [4.69, 9.17) is 21.1 Å². The van der Waals surface area contributed by atoms with Crippen molar-refractivity contribution in [1.29, 1.82) is 0 Å². The van der Waals surface area contributed by atoms with Gasteiger partial charge in [0, 0.05) is 24.0 Å². The highest BCUT2D eigenvalue weighted by Crippen LogP contribution is 2.36. The van der Waals surface area contributed by atoms with Crippen LogP contribution in [-0.4, -0.2) is 30.6 Å². The Labute approximate surface area is 129 Å². The molecule has 112 valence electrons. The number of nitrogens with one attached hydrogen (secondary N) is 1. The number of nitrogens with zero attached hydrogens (tertiary/aromatic N) is 1. The van der Waals surface area contributed by atoms with Gasteiger partial charge in [0.15, 0.2) is 11.5 Å². The van der Waals surface area contributed by atoms with Gasteiger partial charge >= 0.3 is 0 Å². The van der Waals surface area contributed by atoms with E-state index < -0.39 is 0 Å². The first kappa shape index (κ1) is 14.3. The summed E-state index contributed by atoms with van der Waals surface area (Å²) in [7, 11) is 0. The molecule has 0 radical (unpaired) electrons. The maximum absolute atomic E-state index is 5.68. The second kappa shape index (κ2) is 6.85. The summed E-state index contributed by atoms with van der Waals surface area (Å²) in [6.45, 7) is 2.10. The lowest BCUT2D eigenvalue weighted by molar-refractivity contribution is 0.172. The first-order valence-electron chi connectivity index (χ1n) is 7.36. The first-order valence-corrected chi connectivity index (χ1v) is 7.90. The van der Waals surface area contributed by atoms with Gasteiger partial charge in [0.2, 0.25) is 0 Å². The third kappa shape index (κ3) is 3.32. The fraction of sp³-hybridized carbons (Fsp3) is 0.438. The lowest BCUT2D eigenvalue weighted by atomic mass is 10.1. The highest BCUT2D eigenvalue weighted by Gasteiger charge is 2.14. The van der Waals surface area contributed by atoms with E-state index in [2.05, 4.69) is 10.3 Å². The zero-order chi connectivity index (χ0) is 14.5. The zero-order valence-electron chi connectivity index (χ0n) is 11.9. The standard InChI is InChI=1S/C16H19ClN2O2/c17-5-2-1-3-6-18-16-13-11-15-14(20-8-9-21-15)10-12(13)4-7-19-16/h4,7,10-11H,1-3,5-6,8-9H2,(H,18,19). The van der Waals surface area contributed by atoms with Crippen LogP contribution in [0.15, 0.2) is 24.4 Å². The molecule has 1 aliphatic heterocycles. The van der Waals surface area contributed by atoms with Crippen molar-refractivity contribution in [3.63, 3.8) is 0 Å². The number of alkyl halides is 1. The van der Waals surface area contributed by atoms with Gasteiger partial charge in [-0.3, -0.25) is 0 Å². The van der Waals surface area contributed by atoms with Gasteiger partial charge in [-0.05, 0) is 36.4 Å². The molecule has 4 nitrogen and oxygen atoms in total. The van der Waals surface area contributed by atoms with Gasteiger partial charge in [0.1, 0.15) is 19.0 Å². The smallest absolute Gasteiger partial charge is 0.162 e. The van der Waals surface area contributed by atoms with Crippen LogP contribution in [0.2, 0.25) is 0 Å². The molecule has 0 saturated heterocycles. The minimum atomic E-state index is 0.597. The molecule has 0 unspecified atom stereocenters. The minimum Gasteiger partial charge on any atom is -0.486 e. The Kier molecular flexibility index (Phi) is 4.65. The molecular formula is C16H19ClN2O2. The average molecular weight is 307 g/mol. The summed E-state index contributed by atoms with van der Waals surface area (Å²) >= 11 is 5.68. The van der Waals surface area contributed by atoms with Crippen molar-refractivity contribution in [2.45, 2.75) is 19.3 Å². The van der Waals surface area contributed by atoms with Crippen molar-refractivity contribution in [2.24, 2.45) is 0 Å². The normalized spacial score (nSPS) is 13.4. The van der Waals surface area contributed by atoms with Crippen LogP contribution in [0.1, 0.15) is 19.3 Å². The van der Waals surface area contributed by atoms with Crippen LogP contribution in [0.3, 0.4) is 0 Å². The van der Waals surface area contributed by atoms with Gasteiger partial charge < -0.3 is 14.8 Å². The molecule has 0 saturated carbocycles. The van der Waals surface area contributed by atoms with Crippen LogP contribution in [-0.2, 0) is 0 Å². The number of rotatable bonds is 6. The molecule has 2 heterocycles. The molecule has 0 bridgehead atoms. The molecule has 2 aromatic rings. The highest BCUT2D eigenvalue weighted by atomic mass is 35.5. The lowest BCUT2D eigenvalue weighted by Crippen LogP contribution is -2.15. The zero-order valence-corrected chi connectivity index (χ0v) is 12.7. The predicted octanol–water partition coefficient (Wildman–Crippen LogP) is 3.83. The SMILES string of the molecule is ClCCCCCNc1nccc2cc3c(cc12)OCCO3. The van der Waals surface area contributed by atoms with Crippen molar-refractivity contribution in [1.82, 2.24) is 4.98 Å². The van der Waals surface area contributed by atoms with Gasteiger partial charge in [-0.15, -0.1) is 11.6 Å². The lowest BCUT2D eigenvalue weighted by Gasteiger charge is -2.19. The highest BCUT2D eigenvalue weighted by molar-refractivity contribution is 6.17. The number of ether oxygens (including phenoxy) is 2. The number of hydrogen-bond acceptors (Lipinski definition) is 4. The van der Waals surface area contributed by atoms with Crippen molar-refractivity contribution in [2.75, 3.05) is 31.0 Å². The maximum Gasteiger partial charge on any atom is 0.162 e. The first-order chi connectivity index (χ1) is 10.4. The Morgan fingerprint density at radius 2 is 1.90 bits per heavy atom. The topological polar surface area (TPSA) is 43.4 Å². The minimum absolute atomic E-state index is 0.597.